The van der Waals surface area contributed by atoms with Crippen LogP contribution in [0.3, 0.4) is 0 Å². The van der Waals surface area contributed by atoms with Gasteiger partial charge in [-0.05, 0) is 30.2 Å². The van der Waals surface area contributed by atoms with Gasteiger partial charge in [0, 0.05) is 25.5 Å². The van der Waals surface area contributed by atoms with E-state index >= 15 is 0 Å². The number of benzene rings is 2. The molecule has 0 aliphatic heterocycles. The third kappa shape index (κ3) is 3.87. The van der Waals surface area contributed by atoms with E-state index in [1.54, 1.807) is 24.7 Å². The maximum absolute atomic E-state index is 13.7. The summed E-state index contributed by atoms with van der Waals surface area (Å²) in [5.74, 6) is -0.910. The number of hydrogen-bond donors (Lipinski definition) is 1. The number of carbonyl (C=O) groups is 1. The molecule has 1 amide bonds. The number of amides is 1. The Morgan fingerprint density at radius 2 is 1.92 bits per heavy atom. The van der Waals surface area contributed by atoms with Gasteiger partial charge in [-0.1, -0.05) is 35.9 Å². The molecule has 0 radical (unpaired) electrons. The van der Waals surface area contributed by atoms with Crippen molar-refractivity contribution in [3.8, 4) is 0 Å². The maximum Gasteiger partial charge on any atom is 0.254 e. The van der Waals surface area contributed by atoms with Gasteiger partial charge >= 0.3 is 0 Å². The summed E-state index contributed by atoms with van der Waals surface area (Å²) in [4.78, 5) is 16.1. The van der Waals surface area contributed by atoms with Gasteiger partial charge in [-0.15, -0.1) is 0 Å². The summed E-state index contributed by atoms with van der Waals surface area (Å²) < 4.78 is 15.7. The molecule has 3 rings (SSSR count). The van der Waals surface area contributed by atoms with Crippen molar-refractivity contribution in [2.75, 3.05) is 0 Å². The molecule has 3 aromatic rings. The van der Waals surface area contributed by atoms with E-state index in [-0.39, 0.29) is 5.56 Å². The molecule has 0 bridgehead atoms. The summed E-state index contributed by atoms with van der Waals surface area (Å²) in [5, 5.41) is 2.75. The zero-order chi connectivity index (χ0) is 16.9. The Morgan fingerprint density at radius 3 is 2.62 bits per heavy atom. The van der Waals surface area contributed by atoms with Crippen LogP contribution < -0.4 is 5.32 Å². The zero-order valence-corrected chi connectivity index (χ0v) is 13.4. The van der Waals surface area contributed by atoms with E-state index < -0.39 is 11.7 Å². The van der Waals surface area contributed by atoms with Gasteiger partial charge in [-0.3, -0.25) is 4.79 Å². The first-order valence-electron chi connectivity index (χ1n) is 7.70. The molecular formula is C19H18FN3O. The van der Waals surface area contributed by atoms with Crippen LogP contribution in [-0.4, -0.2) is 15.5 Å². The molecule has 1 heterocycles. The fourth-order valence-corrected chi connectivity index (χ4v) is 2.44. The van der Waals surface area contributed by atoms with Crippen LogP contribution in [0, 0.1) is 12.7 Å². The minimum Gasteiger partial charge on any atom is -0.348 e. The topological polar surface area (TPSA) is 46.9 Å². The number of imidazole rings is 1. The Morgan fingerprint density at radius 1 is 1.17 bits per heavy atom. The highest BCUT2D eigenvalue weighted by Gasteiger charge is 2.11. The van der Waals surface area contributed by atoms with E-state index in [1.807, 2.05) is 42.0 Å². The van der Waals surface area contributed by atoms with Crippen molar-refractivity contribution in [2.24, 2.45) is 0 Å². The number of hydrogen-bond acceptors (Lipinski definition) is 2. The Hall–Kier alpha value is -2.95. The minimum absolute atomic E-state index is 0.0757. The lowest BCUT2D eigenvalue weighted by atomic mass is 10.1. The third-order valence-electron chi connectivity index (χ3n) is 3.77. The third-order valence-corrected chi connectivity index (χ3v) is 3.77. The molecule has 0 aliphatic rings. The van der Waals surface area contributed by atoms with E-state index in [2.05, 4.69) is 10.3 Å². The van der Waals surface area contributed by atoms with Gasteiger partial charge in [0.15, 0.2) is 0 Å². The van der Waals surface area contributed by atoms with Crippen LogP contribution in [-0.2, 0) is 13.1 Å². The molecular weight excluding hydrogens is 305 g/mol. The average Bonchev–Trinajstić information content (AvgIpc) is 3.09. The van der Waals surface area contributed by atoms with Crippen LogP contribution in [0.2, 0.25) is 0 Å². The first-order chi connectivity index (χ1) is 11.6. The number of nitrogens with one attached hydrogen (secondary N) is 1. The van der Waals surface area contributed by atoms with E-state index in [0.29, 0.717) is 6.54 Å². The number of rotatable bonds is 5. The van der Waals surface area contributed by atoms with Crippen LogP contribution >= 0.6 is 0 Å². The van der Waals surface area contributed by atoms with E-state index in [4.69, 9.17) is 0 Å². The molecule has 24 heavy (non-hydrogen) atoms. The van der Waals surface area contributed by atoms with Crippen molar-refractivity contribution in [1.82, 2.24) is 14.9 Å². The molecule has 0 saturated heterocycles. The predicted molar refractivity (Wildman–Crippen MR) is 90.1 cm³/mol. The standard InChI is InChI=1S/C19H18FN3O/c1-14-2-7-18(20)17(10-14)19(24)22-11-15-3-5-16(6-4-15)12-23-9-8-21-13-23/h2-10,13H,11-12H2,1H3,(H,22,24). The summed E-state index contributed by atoms with van der Waals surface area (Å²) in [7, 11) is 0. The molecule has 5 heteroatoms. The summed E-state index contributed by atoms with van der Waals surface area (Å²) in [5.41, 5.74) is 3.04. The second-order valence-electron chi connectivity index (χ2n) is 5.72. The first-order valence-corrected chi connectivity index (χ1v) is 7.70. The van der Waals surface area contributed by atoms with Crippen LogP contribution in [0.1, 0.15) is 27.0 Å². The van der Waals surface area contributed by atoms with Gasteiger partial charge in [0.05, 0.1) is 11.9 Å². The SMILES string of the molecule is Cc1ccc(F)c(C(=O)NCc2ccc(Cn3ccnc3)cc2)c1. The van der Waals surface area contributed by atoms with Crippen LogP contribution in [0.5, 0.6) is 0 Å². The van der Waals surface area contributed by atoms with Gasteiger partial charge in [0.1, 0.15) is 5.82 Å². The van der Waals surface area contributed by atoms with Gasteiger partial charge in [-0.25, -0.2) is 9.37 Å². The Balaban J connectivity index is 1.60. The Labute approximate surface area is 140 Å². The molecule has 1 aromatic heterocycles. The van der Waals surface area contributed by atoms with Gasteiger partial charge in [0.25, 0.3) is 5.91 Å². The number of aryl methyl sites for hydroxylation is 1. The van der Waals surface area contributed by atoms with Crippen molar-refractivity contribution in [3.63, 3.8) is 0 Å². The molecule has 0 unspecified atom stereocenters. The first kappa shape index (κ1) is 15.9. The summed E-state index contributed by atoms with van der Waals surface area (Å²) in [6.45, 7) is 2.94. The van der Waals surface area contributed by atoms with Crippen molar-refractivity contribution in [1.29, 1.82) is 0 Å². The molecule has 1 N–H and O–H groups in total. The molecule has 122 valence electrons. The number of aromatic nitrogens is 2. The highest BCUT2D eigenvalue weighted by molar-refractivity contribution is 5.94. The van der Waals surface area contributed by atoms with E-state index in [1.165, 1.54) is 6.07 Å². The lowest BCUT2D eigenvalue weighted by Crippen LogP contribution is -2.24. The fourth-order valence-electron chi connectivity index (χ4n) is 2.44. The van der Waals surface area contributed by atoms with Gasteiger partial charge in [-0.2, -0.15) is 0 Å². The van der Waals surface area contributed by atoms with E-state index in [0.717, 1.165) is 23.2 Å². The Kier molecular flexibility index (Phi) is 4.70. The molecule has 0 atom stereocenters. The molecule has 2 aromatic carbocycles. The average molecular weight is 323 g/mol. The lowest BCUT2D eigenvalue weighted by Gasteiger charge is -2.08. The molecule has 0 saturated carbocycles. The van der Waals surface area contributed by atoms with Gasteiger partial charge in [0.2, 0.25) is 0 Å². The molecule has 0 spiro atoms. The van der Waals surface area contributed by atoms with Crippen molar-refractivity contribution in [2.45, 2.75) is 20.0 Å². The van der Waals surface area contributed by atoms with Crippen LogP contribution in [0.4, 0.5) is 4.39 Å². The predicted octanol–water partition coefficient (Wildman–Crippen LogP) is 3.31. The number of carbonyl (C=O) groups excluding carboxylic acids is 1. The largest absolute Gasteiger partial charge is 0.348 e. The van der Waals surface area contributed by atoms with Crippen LogP contribution in [0.15, 0.2) is 61.2 Å². The maximum atomic E-state index is 13.7. The number of nitrogens with zero attached hydrogens (tertiary/aromatic N) is 2. The smallest absolute Gasteiger partial charge is 0.254 e. The molecule has 0 aliphatic carbocycles. The summed E-state index contributed by atoms with van der Waals surface area (Å²) >= 11 is 0. The second kappa shape index (κ2) is 7.08. The van der Waals surface area contributed by atoms with Gasteiger partial charge < -0.3 is 9.88 Å². The quantitative estimate of drug-likeness (QED) is 0.783. The normalized spacial score (nSPS) is 10.6. The highest BCUT2D eigenvalue weighted by Crippen LogP contribution is 2.11. The Bertz CT molecular complexity index is 826. The van der Waals surface area contributed by atoms with Crippen LogP contribution in [0.25, 0.3) is 0 Å². The fraction of sp³-hybridized carbons (Fsp3) is 0.158. The summed E-state index contributed by atoms with van der Waals surface area (Å²) in [6.07, 6.45) is 5.42. The van der Waals surface area contributed by atoms with E-state index in [9.17, 15) is 9.18 Å². The zero-order valence-electron chi connectivity index (χ0n) is 13.4. The van der Waals surface area contributed by atoms with Crippen molar-refractivity contribution >= 4 is 5.91 Å². The molecule has 0 fully saturated rings. The summed E-state index contributed by atoms with van der Waals surface area (Å²) in [6, 6.07) is 12.4. The molecule has 4 nitrogen and oxygen atoms in total. The highest BCUT2D eigenvalue weighted by atomic mass is 19.1. The van der Waals surface area contributed by atoms with Crippen molar-refractivity contribution in [3.05, 3.63) is 89.3 Å². The lowest BCUT2D eigenvalue weighted by molar-refractivity contribution is 0.0947. The van der Waals surface area contributed by atoms with Crippen molar-refractivity contribution < 1.29 is 9.18 Å². The monoisotopic (exact) mass is 323 g/mol. The number of halogens is 1. The second-order valence-corrected chi connectivity index (χ2v) is 5.72. The minimum atomic E-state index is -0.506.